The lowest BCUT2D eigenvalue weighted by atomic mass is 10.2. The van der Waals surface area contributed by atoms with E-state index in [2.05, 4.69) is 21.2 Å². The van der Waals surface area contributed by atoms with Crippen molar-refractivity contribution in [2.45, 2.75) is 18.2 Å². The summed E-state index contributed by atoms with van der Waals surface area (Å²) >= 11 is 4.17. The summed E-state index contributed by atoms with van der Waals surface area (Å²) in [5, 5.41) is 11.0. The van der Waals surface area contributed by atoms with Crippen LogP contribution in [-0.2, 0) is 15.3 Å². The summed E-state index contributed by atoms with van der Waals surface area (Å²) in [5.41, 5.74) is -0.0559. The molecule has 20 heavy (non-hydrogen) atoms. The van der Waals surface area contributed by atoms with Crippen molar-refractivity contribution in [1.29, 1.82) is 0 Å². The fourth-order valence-electron chi connectivity index (χ4n) is 1.44. The SMILES string of the molecule is O=CNC(CCSCc1c(F)ccc(Br)c1F)C(=O)O. The van der Waals surface area contributed by atoms with Crippen molar-refractivity contribution in [3.05, 3.63) is 33.8 Å². The van der Waals surface area contributed by atoms with Gasteiger partial charge in [-0.2, -0.15) is 11.8 Å². The Morgan fingerprint density at radius 2 is 2.20 bits per heavy atom. The van der Waals surface area contributed by atoms with E-state index in [4.69, 9.17) is 5.11 Å². The van der Waals surface area contributed by atoms with Crippen molar-refractivity contribution in [3.8, 4) is 0 Å². The first-order valence-corrected chi connectivity index (χ1v) is 7.54. The molecule has 1 aromatic carbocycles. The van der Waals surface area contributed by atoms with Gasteiger partial charge in [-0.25, -0.2) is 13.6 Å². The highest BCUT2D eigenvalue weighted by Crippen LogP contribution is 2.25. The van der Waals surface area contributed by atoms with Crippen molar-refractivity contribution in [2.75, 3.05) is 5.75 Å². The molecule has 1 amide bonds. The Bertz CT molecular complexity index is 502. The quantitative estimate of drug-likeness (QED) is 0.421. The van der Waals surface area contributed by atoms with Gasteiger partial charge in [0.25, 0.3) is 0 Å². The number of amides is 1. The minimum Gasteiger partial charge on any atom is -0.480 e. The predicted octanol–water partition coefficient (Wildman–Crippen LogP) is 2.55. The summed E-state index contributed by atoms with van der Waals surface area (Å²) < 4.78 is 27.3. The molecule has 0 aliphatic carbocycles. The number of rotatable bonds is 8. The molecule has 110 valence electrons. The molecule has 1 unspecified atom stereocenters. The molecule has 0 aromatic heterocycles. The Hall–Kier alpha value is -1.15. The number of carboxylic acid groups (broad SMARTS) is 1. The van der Waals surface area contributed by atoms with Crippen LogP contribution in [0.15, 0.2) is 16.6 Å². The Morgan fingerprint density at radius 3 is 2.80 bits per heavy atom. The first kappa shape index (κ1) is 16.9. The highest BCUT2D eigenvalue weighted by atomic mass is 79.9. The lowest BCUT2D eigenvalue weighted by molar-refractivity contribution is -0.140. The first-order valence-electron chi connectivity index (χ1n) is 5.60. The zero-order valence-corrected chi connectivity index (χ0v) is 12.6. The second-order valence-corrected chi connectivity index (χ2v) is 5.80. The smallest absolute Gasteiger partial charge is 0.326 e. The van der Waals surface area contributed by atoms with Gasteiger partial charge in [0.05, 0.1) is 4.47 Å². The average molecular weight is 368 g/mol. The molecule has 0 spiro atoms. The van der Waals surface area contributed by atoms with Gasteiger partial charge in [0.2, 0.25) is 6.41 Å². The number of halogens is 3. The van der Waals surface area contributed by atoms with Crippen LogP contribution in [0.2, 0.25) is 0 Å². The Labute approximate surface area is 127 Å². The van der Waals surface area contributed by atoms with Gasteiger partial charge >= 0.3 is 5.97 Å². The maximum absolute atomic E-state index is 13.6. The van der Waals surface area contributed by atoms with Crippen molar-refractivity contribution in [1.82, 2.24) is 5.32 Å². The maximum Gasteiger partial charge on any atom is 0.326 e. The van der Waals surface area contributed by atoms with E-state index in [1.807, 2.05) is 0 Å². The third-order valence-corrected chi connectivity index (χ3v) is 4.13. The molecule has 0 aliphatic heterocycles. The van der Waals surface area contributed by atoms with Gasteiger partial charge in [-0.15, -0.1) is 0 Å². The first-order chi connectivity index (χ1) is 9.47. The fraction of sp³-hybridized carbons (Fsp3) is 0.333. The minimum absolute atomic E-state index is 0.0559. The van der Waals surface area contributed by atoms with E-state index in [-0.39, 0.29) is 22.2 Å². The molecular formula is C12H12BrF2NO3S. The normalized spacial score (nSPS) is 11.9. The molecule has 0 saturated heterocycles. The van der Waals surface area contributed by atoms with E-state index in [0.717, 1.165) is 6.07 Å². The number of thioether (sulfide) groups is 1. The van der Waals surface area contributed by atoms with Gasteiger partial charge in [0.1, 0.15) is 17.7 Å². The van der Waals surface area contributed by atoms with E-state index in [0.29, 0.717) is 12.2 Å². The number of nitrogens with one attached hydrogen (secondary N) is 1. The molecular weight excluding hydrogens is 356 g/mol. The third kappa shape index (κ3) is 4.75. The van der Waals surface area contributed by atoms with Crippen LogP contribution in [0, 0.1) is 11.6 Å². The van der Waals surface area contributed by atoms with Crippen LogP contribution in [0.4, 0.5) is 8.78 Å². The van der Waals surface area contributed by atoms with E-state index in [9.17, 15) is 18.4 Å². The highest BCUT2D eigenvalue weighted by Gasteiger charge is 2.16. The van der Waals surface area contributed by atoms with Crippen molar-refractivity contribution < 1.29 is 23.5 Å². The molecule has 4 nitrogen and oxygen atoms in total. The van der Waals surface area contributed by atoms with Crippen LogP contribution in [0.3, 0.4) is 0 Å². The number of carbonyl (C=O) groups excluding carboxylic acids is 1. The number of hydrogen-bond acceptors (Lipinski definition) is 3. The predicted molar refractivity (Wildman–Crippen MR) is 75.5 cm³/mol. The largest absolute Gasteiger partial charge is 0.480 e. The summed E-state index contributed by atoms with van der Waals surface area (Å²) in [5.74, 6) is -2.00. The number of carboxylic acids is 1. The lowest BCUT2D eigenvalue weighted by Gasteiger charge is -2.11. The van der Waals surface area contributed by atoms with E-state index in [1.165, 1.54) is 17.8 Å². The van der Waals surface area contributed by atoms with Crippen LogP contribution in [0.25, 0.3) is 0 Å². The maximum atomic E-state index is 13.6. The molecule has 0 fully saturated rings. The molecule has 0 heterocycles. The molecule has 2 N–H and O–H groups in total. The zero-order valence-electron chi connectivity index (χ0n) is 10.2. The van der Waals surface area contributed by atoms with E-state index in [1.54, 1.807) is 0 Å². The molecule has 0 bridgehead atoms. The molecule has 8 heteroatoms. The topological polar surface area (TPSA) is 66.4 Å². The van der Waals surface area contributed by atoms with Gasteiger partial charge < -0.3 is 10.4 Å². The summed E-state index contributed by atoms with van der Waals surface area (Å²) in [6, 6.07) is 1.46. The fourth-order valence-corrected chi connectivity index (χ4v) is 2.82. The van der Waals surface area contributed by atoms with Crippen LogP contribution in [-0.4, -0.2) is 29.3 Å². The van der Waals surface area contributed by atoms with Gasteiger partial charge in [0, 0.05) is 11.3 Å². The van der Waals surface area contributed by atoms with Crippen molar-refractivity contribution in [2.24, 2.45) is 0 Å². The average Bonchev–Trinajstić information content (AvgIpc) is 2.40. The molecule has 1 aromatic rings. The summed E-state index contributed by atoms with van der Waals surface area (Å²) in [6.45, 7) is 0. The lowest BCUT2D eigenvalue weighted by Crippen LogP contribution is -2.36. The second kappa shape index (κ2) is 8.21. The number of aliphatic carboxylic acids is 1. The summed E-state index contributed by atoms with van der Waals surface area (Å²) in [4.78, 5) is 21.0. The number of hydrogen-bond donors (Lipinski definition) is 2. The molecule has 1 rings (SSSR count). The Balaban J connectivity index is 2.51. The number of benzene rings is 1. The summed E-state index contributed by atoms with van der Waals surface area (Å²) in [7, 11) is 0. The molecule has 0 aliphatic rings. The third-order valence-electron chi connectivity index (χ3n) is 2.50. The van der Waals surface area contributed by atoms with Crippen molar-refractivity contribution >= 4 is 40.1 Å². The zero-order chi connectivity index (χ0) is 15.1. The van der Waals surface area contributed by atoms with Gasteiger partial charge in [-0.05, 0) is 40.2 Å². The second-order valence-electron chi connectivity index (χ2n) is 3.84. The van der Waals surface area contributed by atoms with E-state index < -0.39 is 23.6 Å². The van der Waals surface area contributed by atoms with Crippen LogP contribution >= 0.6 is 27.7 Å². The van der Waals surface area contributed by atoms with Crippen LogP contribution in [0.5, 0.6) is 0 Å². The van der Waals surface area contributed by atoms with Gasteiger partial charge in [-0.1, -0.05) is 0 Å². The van der Waals surface area contributed by atoms with Crippen LogP contribution < -0.4 is 5.32 Å². The number of carbonyl (C=O) groups is 2. The molecule has 0 radical (unpaired) electrons. The highest BCUT2D eigenvalue weighted by molar-refractivity contribution is 9.10. The monoisotopic (exact) mass is 367 g/mol. The van der Waals surface area contributed by atoms with E-state index >= 15 is 0 Å². The molecule has 0 saturated carbocycles. The minimum atomic E-state index is -1.14. The standard InChI is InChI=1S/C12H12BrF2NO3S/c13-8-1-2-9(14)7(11(8)15)5-20-4-3-10(12(18)19)16-6-17/h1-2,6,10H,3-5H2,(H,16,17)(H,18,19). The summed E-state index contributed by atoms with van der Waals surface area (Å²) in [6.07, 6.45) is 0.493. The van der Waals surface area contributed by atoms with Crippen LogP contribution in [0.1, 0.15) is 12.0 Å². The van der Waals surface area contributed by atoms with Gasteiger partial charge in [-0.3, -0.25) is 4.79 Å². The van der Waals surface area contributed by atoms with Crippen molar-refractivity contribution in [3.63, 3.8) is 0 Å². The van der Waals surface area contributed by atoms with Gasteiger partial charge in [0.15, 0.2) is 0 Å². The molecule has 1 atom stereocenters. The Morgan fingerprint density at radius 1 is 1.50 bits per heavy atom. The Kier molecular flexibility index (Phi) is 6.94.